The van der Waals surface area contributed by atoms with E-state index in [0.717, 1.165) is 42.0 Å². The summed E-state index contributed by atoms with van der Waals surface area (Å²) in [6.07, 6.45) is 2.99. The first-order chi connectivity index (χ1) is 12.7. The Morgan fingerprint density at radius 3 is 2.85 bits per heavy atom. The number of nitrogens with zero attached hydrogens (tertiary/aromatic N) is 1. The molecule has 1 saturated carbocycles. The highest BCUT2D eigenvalue weighted by Crippen LogP contribution is 2.35. The molecule has 1 aliphatic heterocycles. The Morgan fingerprint density at radius 1 is 1.15 bits per heavy atom. The summed E-state index contributed by atoms with van der Waals surface area (Å²) in [5, 5.41) is 2.96. The quantitative estimate of drug-likeness (QED) is 0.883. The van der Waals surface area contributed by atoms with E-state index < -0.39 is 0 Å². The van der Waals surface area contributed by atoms with Crippen LogP contribution < -0.4 is 20.5 Å². The highest BCUT2D eigenvalue weighted by molar-refractivity contribution is 5.92. The van der Waals surface area contributed by atoms with Crippen LogP contribution in [0.1, 0.15) is 19.3 Å². The first-order valence-corrected chi connectivity index (χ1v) is 9.12. The zero-order chi connectivity index (χ0) is 17.9. The van der Waals surface area contributed by atoms with Gasteiger partial charge in [0.05, 0.1) is 5.69 Å². The van der Waals surface area contributed by atoms with Gasteiger partial charge in [0.1, 0.15) is 19.0 Å². The van der Waals surface area contributed by atoms with Crippen LogP contribution in [0.3, 0.4) is 0 Å². The molecule has 0 spiro atoms. The summed E-state index contributed by atoms with van der Waals surface area (Å²) >= 11 is 0. The Morgan fingerprint density at radius 2 is 2.00 bits per heavy atom. The molecule has 2 aromatic rings. The third kappa shape index (κ3) is 3.37. The lowest BCUT2D eigenvalue weighted by molar-refractivity contribution is -0.120. The van der Waals surface area contributed by atoms with Gasteiger partial charge in [-0.15, -0.1) is 0 Å². The molecule has 2 heterocycles. The number of carbonyl (C=O) groups excluding carboxylic acids is 1. The number of fused-ring (bicyclic) bond motifs is 1. The molecule has 1 aliphatic carbocycles. The van der Waals surface area contributed by atoms with E-state index in [1.54, 1.807) is 0 Å². The molecular weight excluding hydrogens is 330 g/mol. The summed E-state index contributed by atoms with van der Waals surface area (Å²) in [7, 11) is 0. The van der Waals surface area contributed by atoms with Gasteiger partial charge in [0.2, 0.25) is 5.91 Å². The average Bonchev–Trinajstić information content (AvgIpc) is 3.17. The molecule has 0 unspecified atom stereocenters. The van der Waals surface area contributed by atoms with Gasteiger partial charge in [0.15, 0.2) is 11.5 Å². The van der Waals surface area contributed by atoms with E-state index in [1.807, 2.05) is 36.4 Å². The SMILES string of the molecule is NC[C@H]1CCC[C@H]1C(=O)Nc1cccc(-c2ccc3c(c2)OCCO3)n1. The third-order valence-corrected chi connectivity index (χ3v) is 5.14. The Kier molecular flexibility index (Phi) is 4.75. The number of aromatic nitrogens is 1. The number of hydrogen-bond donors (Lipinski definition) is 2. The molecule has 3 N–H and O–H groups in total. The molecule has 1 amide bonds. The molecule has 1 fully saturated rings. The van der Waals surface area contributed by atoms with Crippen LogP contribution in [0.15, 0.2) is 36.4 Å². The van der Waals surface area contributed by atoms with Crippen LogP contribution in [0.2, 0.25) is 0 Å². The predicted molar refractivity (Wildman–Crippen MR) is 99.2 cm³/mol. The lowest BCUT2D eigenvalue weighted by Crippen LogP contribution is -2.30. The zero-order valence-electron chi connectivity index (χ0n) is 14.6. The summed E-state index contributed by atoms with van der Waals surface area (Å²) in [5.41, 5.74) is 7.50. The van der Waals surface area contributed by atoms with Crippen molar-refractivity contribution in [2.45, 2.75) is 19.3 Å². The molecule has 1 aromatic carbocycles. The molecule has 0 saturated heterocycles. The van der Waals surface area contributed by atoms with E-state index in [1.165, 1.54) is 0 Å². The molecular formula is C20H23N3O3. The van der Waals surface area contributed by atoms with Crippen molar-refractivity contribution in [3.63, 3.8) is 0 Å². The normalized spacial score (nSPS) is 21.4. The van der Waals surface area contributed by atoms with Crippen molar-refractivity contribution in [1.29, 1.82) is 0 Å². The Labute approximate surface area is 152 Å². The Bertz CT molecular complexity index is 809. The van der Waals surface area contributed by atoms with Crippen LogP contribution >= 0.6 is 0 Å². The summed E-state index contributed by atoms with van der Waals surface area (Å²) in [6, 6.07) is 11.4. The maximum absolute atomic E-state index is 12.6. The van der Waals surface area contributed by atoms with Crippen molar-refractivity contribution in [2.24, 2.45) is 17.6 Å². The minimum absolute atomic E-state index is 0.0141. The summed E-state index contributed by atoms with van der Waals surface area (Å²) < 4.78 is 11.2. The number of amides is 1. The number of nitrogens with one attached hydrogen (secondary N) is 1. The number of rotatable bonds is 4. The topological polar surface area (TPSA) is 86.5 Å². The van der Waals surface area contributed by atoms with Gasteiger partial charge in [0.25, 0.3) is 0 Å². The van der Waals surface area contributed by atoms with Gasteiger partial charge < -0.3 is 20.5 Å². The number of carbonyl (C=O) groups is 1. The molecule has 1 aromatic heterocycles. The van der Waals surface area contributed by atoms with Crippen LogP contribution in [-0.2, 0) is 4.79 Å². The van der Waals surface area contributed by atoms with E-state index in [0.29, 0.717) is 25.6 Å². The van der Waals surface area contributed by atoms with Gasteiger partial charge >= 0.3 is 0 Å². The molecule has 0 radical (unpaired) electrons. The molecule has 0 bridgehead atoms. The van der Waals surface area contributed by atoms with E-state index in [-0.39, 0.29) is 17.7 Å². The zero-order valence-corrected chi connectivity index (χ0v) is 14.6. The first-order valence-electron chi connectivity index (χ1n) is 9.12. The third-order valence-electron chi connectivity index (χ3n) is 5.14. The van der Waals surface area contributed by atoms with Crippen LogP contribution in [0, 0.1) is 11.8 Å². The minimum atomic E-state index is -0.0141. The van der Waals surface area contributed by atoms with Crippen molar-refractivity contribution in [2.75, 3.05) is 25.1 Å². The highest BCUT2D eigenvalue weighted by atomic mass is 16.6. The van der Waals surface area contributed by atoms with Crippen molar-refractivity contribution in [3.05, 3.63) is 36.4 Å². The standard InChI is InChI=1S/C20H23N3O3/c21-12-14-3-1-4-15(14)20(24)23-19-6-2-5-16(22-19)13-7-8-17-18(11-13)26-10-9-25-17/h2,5-8,11,14-15H,1,3-4,9-10,12,21H2,(H,22,23,24)/t14-,15-/m1/s1. The number of ether oxygens (including phenoxy) is 2. The number of nitrogens with two attached hydrogens (primary N) is 1. The van der Waals surface area contributed by atoms with Crippen molar-refractivity contribution in [1.82, 2.24) is 4.98 Å². The maximum Gasteiger partial charge on any atom is 0.228 e. The fraction of sp³-hybridized carbons (Fsp3) is 0.400. The van der Waals surface area contributed by atoms with E-state index in [2.05, 4.69) is 10.3 Å². The van der Waals surface area contributed by atoms with E-state index in [4.69, 9.17) is 15.2 Å². The molecule has 6 nitrogen and oxygen atoms in total. The molecule has 26 heavy (non-hydrogen) atoms. The molecule has 4 rings (SSSR count). The van der Waals surface area contributed by atoms with Gasteiger partial charge in [-0.3, -0.25) is 4.79 Å². The maximum atomic E-state index is 12.6. The predicted octanol–water partition coefficient (Wildman–Crippen LogP) is 2.83. The van der Waals surface area contributed by atoms with Crippen LogP contribution in [-0.4, -0.2) is 30.6 Å². The number of benzene rings is 1. The van der Waals surface area contributed by atoms with Crippen molar-refractivity contribution >= 4 is 11.7 Å². The fourth-order valence-corrected chi connectivity index (χ4v) is 3.75. The smallest absolute Gasteiger partial charge is 0.228 e. The van der Waals surface area contributed by atoms with E-state index >= 15 is 0 Å². The molecule has 136 valence electrons. The van der Waals surface area contributed by atoms with Gasteiger partial charge in [-0.1, -0.05) is 12.5 Å². The van der Waals surface area contributed by atoms with Crippen LogP contribution in [0.25, 0.3) is 11.3 Å². The minimum Gasteiger partial charge on any atom is -0.486 e. The summed E-state index contributed by atoms with van der Waals surface area (Å²) in [6.45, 7) is 1.67. The van der Waals surface area contributed by atoms with E-state index in [9.17, 15) is 4.79 Å². The van der Waals surface area contributed by atoms with Crippen LogP contribution in [0.4, 0.5) is 5.82 Å². The van der Waals surface area contributed by atoms with Gasteiger partial charge in [-0.05, 0) is 55.6 Å². The second-order valence-electron chi connectivity index (χ2n) is 6.79. The lowest BCUT2D eigenvalue weighted by atomic mass is 9.95. The second kappa shape index (κ2) is 7.33. The second-order valence-corrected chi connectivity index (χ2v) is 6.79. The summed E-state index contributed by atoms with van der Waals surface area (Å²) in [5.74, 6) is 2.31. The fourth-order valence-electron chi connectivity index (χ4n) is 3.75. The Hall–Kier alpha value is -2.60. The molecule has 2 aliphatic rings. The van der Waals surface area contributed by atoms with Crippen LogP contribution in [0.5, 0.6) is 11.5 Å². The average molecular weight is 353 g/mol. The number of pyridine rings is 1. The first kappa shape index (κ1) is 16.8. The van der Waals surface area contributed by atoms with Gasteiger partial charge in [0, 0.05) is 11.5 Å². The summed E-state index contributed by atoms with van der Waals surface area (Å²) in [4.78, 5) is 17.2. The monoisotopic (exact) mass is 353 g/mol. The Balaban J connectivity index is 1.52. The highest BCUT2D eigenvalue weighted by Gasteiger charge is 2.32. The van der Waals surface area contributed by atoms with Gasteiger partial charge in [-0.2, -0.15) is 0 Å². The van der Waals surface area contributed by atoms with Crippen molar-refractivity contribution in [3.8, 4) is 22.8 Å². The lowest BCUT2D eigenvalue weighted by Gasteiger charge is -2.19. The van der Waals surface area contributed by atoms with Crippen molar-refractivity contribution < 1.29 is 14.3 Å². The van der Waals surface area contributed by atoms with Gasteiger partial charge in [-0.25, -0.2) is 4.98 Å². The number of anilines is 1. The largest absolute Gasteiger partial charge is 0.486 e. The molecule has 2 atom stereocenters. The number of hydrogen-bond acceptors (Lipinski definition) is 5. The molecule has 6 heteroatoms.